The fraction of sp³-hybridized carbons (Fsp3) is 0.400. The van der Waals surface area contributed by atoms with Crippen molar-refractivity contribution in [2.24, 2.45) is 27.9 Å². The van der Waals surface area contributed by atoms with Gasteiger partial charge in [-0.25, -0.2) is 0 Å². The summed E-state index contributed by atoms with van der Waals surface area (Å²) < 4.78 is 0. The molecule has 0 aliphatic rings. The SMILES string of the molecule is NC(=O)[C@H](Cc1ccc(O)cc1)NC(=O)[C@@H](N)CCCN=C(N)N. The molecule has 1 aromatic carbocycles. The summed E-state index contributed by atoms with van der Waals surface area (Å²) in [6.45, 7) is 0.371. The number of aromatic hydroxyl groups is 1. The number of carbonyl (C=O) groups is 2. The van der Waals surface area contributed by atoms with Gasteiger partial charge in [0, 0.05) is 13.0 Å². The molecule has 0 saturated carbocycles. The second kappa shape index (κ2) is 9.36. The first-order valence-electron chi connectivity index (χ1n) is 7.48. The van der Waals surface area contributed by atoms with E-state index in [9.17, 15) is 14.7 Å². The van der Waals surface area contributed by atoms with E-state index in [0.29, 0.717) is 19.4 Å². The first-order valence-corrected chi connectivity index (χ1v) is 7.48. The molecule has 10 N–H and O–H groups in total. The van der Waals surface area contributed by atoms with Crippen molar-refractivity contribution >= 4 is 17.8 Å². The molecule has 1 aromatic rings. The van der Waals surface area contributed by atoms with Crippen LogP contribution in [0.15, 0.2) is 29.3 Å². The summed E-state index contributed by atoms with van der Waals surface area (Å²) in [5, 5.41) is 11.8. The highest BCUT2D eigenvalue weighted by molar-refractivity contribution is 5.89. The van der Waals surface area contributed by atoms with Crippen molar-refractivity contribution in [1.82, 2.24) is 5.32 Å². The van der Waals surface area contributed by atoms with Gasteiger partial charge < -0.3 is 33.4 Å². The Balaban J connectivity index is 2.54. The van der Waals surface area contributed by atoms with Crippen LogP contribution in [-0.4, -0.2) is 41.5 Å². The zero-order valence-electron chi connectivity index (χ0n) is 13.3. The van der Waals surface area contributed by atoms with Gasteiger partial charge in [-0.05, 0) is 30.5 Å². The van der Waals surface area contributed by atoms with E-state index in [0.717, 1.165) is 5.56 Å². The lowest BCUT2D eigenvalue weighted by atomic mass is 10.0. The number of amides is 2. The smallest absolute Gasteiger partial charge is 0.240 e. The molecule has 0 radical (unpaired) electrons. The highest BCUT2D eigenvalue weighted by Crippen LogP contribution is 2.11. The van der Waals surface area contributed by atoms with Crippen LogP contribution in [0.25, 0.3) is 0 Å². The van der Waals surface area contributed by atoms with Crippen LogP contribution >= 0.6 is 0 Å². The highest BCUT2D eigenvalue weighted by Gasteiger charge is 2.22. The van der Waals surface area contributed by atoms with Gasteiger partial charge in [0.2, 0.25) is 11.8 Å². The van der Waals surface area contributed by atoms with E-state index in [1.54, 1.807) is 12.1 Å². The van der Waals surface area contributed by atoms with Gasteiger partial charge in [0.15, 0.2) is 5.96 Å². The predicted octanol–water partition coefficient (Wildman–Crippen LogP) is -1.71. The van der Waals surface area contributed by atoms with Crippen molar-refractivity contribution in [2.75, 3.05) is 6.54 Å². The van der Waals surface area contributed by atoms with Crippen molar-refractivity contribution in [2.45, 2.75) is 31.3 Å². The maximum absolute atomic E-state index is 12.1. The number of hydrogen-bond acceptors (Lipinski definition) is 5. The summed E-state index contributed by atoms with van der Waals surface area (Å²) in [7, 11) is 0. The van der Waals surface area contributed by atoms with Crippen LogP contribution < -0.4 is 28.3 Å². The molecule has 24 heavy (non-hydrogen) atoms. The summed E-state index contributed by atoms with van der Waals surface area (Å²) in [6.07, 6.45) is 1.11. The molecule has 0 spiro atoms. The second-order valence-electron chi connectivity index (χ2n) is 5.39. The standard InChI is InChI=1S/C15H24N6O3/c16-11(2-1-7-20-15(18)19)14(24)21-12(13(17)23)8-9-3-5-10(22)6-4-9/h3-6,11-12,22H,1-2,7-8,16H2,(H2,17,23)(H,21,24)(H4,18,19,20)/t11-,12-/m0/s1. The van der Waals surface area contributed by atoms with Gasteiger partial charge in [0.05, 0.1) is 6.04 Å². The molecule has 132 valence electrons. The van der Waals surface area contributed by atoms with Crippen molar-refractivity contribution < 1.29 is 14.7 Å². The molecule has 0 bridgehead atoms. The summed E-state index contributed by atoms with van der Waals surface area (Å²) in [5.74, 6) is -1.04. The molecule has 0 aliphatic heterocycles. The normalized spacial score (nSPS) is 12.9. The molecular formula is C15H24N6O3. The average molecular weight is 336 g/mol. The molecule has 9 heteroatoms. The molecule has 0 aliphatic carbocycles. The number of phenols is 1. The largest absolute Gasteiger partial charge is 0.508 e. The minimum atomic E-state index is -0.884. The maximum atomic E-state index is 12.1. The number of nitrogens with one attached hydrogen (secondary N) is 1. The van der Waals surface area contributed by atoms with Gasteiger partial charge in [-0.1, -0.05) is 12.1 Å². The van der Waals surface area contributed by atoms with E-state index in [1.165, 1.54) is 12.1 Å². The number of hydrogen-bond donors (Lipinski definition) is 6. The maximum Gasteiger partial charge on any atom is 0.240 e. The topological polar surface area (TPSA) is 183 Å². The van der Waals surface area contributed by atoms with Crippen LogP contribution in [0.2, 0.25) is 0 Å². The van der Waals surface area contributed by atoms with Crippen LogP contribution in [0.4, 0.5) is 0 Å². The third kappa shape index (κ3) is 6.97. The molecule has 2 amide bonds. The van der Waals surface area contributed by atoms with Crippen molar-refractivity contribution in [3.05, 3.63) is 29.8 Å². The Morgan fingerprint density at radius 2 is 1.79 bits per heavy atom. The number of aliphatic imine (C=N–C) groups is 1. The van der Waals surface area contributed by atoms with Crippen molar-refractivity contribution in [3.8, 4) is 5.75 Å². The minimum absolute atomic E-state index is 0.0179. The van der Waals surface area contributed by atoms with Gasteiger partial charge in [-0.15, -0.1) is 0 Å². The number of phenolic OH excluding ortho intramolecular Hbond substituents is 1. The molecule has 0 fully saturated rings. The number of rotatable bonds is 9. The fourth-order valence-corrected chi connectivity index (χ4v) is 2.02. The lowest BCUT2D eigenvalue weighted by Crippen LogP contribution is -2.51. The van der Waals surface area contributed by atoms with Gasteiger partial charge >= 0.3 is 0 Å². The molecule has 0 heterocycles. The molecule has 0 unspecified atom stereocenters. The quantitative estimate of drug-likeness (QED) is 0.177. The van der Waals surface area contributed by atoms with E-state index in [4.69, 9.17) is 22.9 Å². The molecule has 0 saturated heterocycles. The number of carbonyl (C=O) groups excluding carboxylic acids is 2. The zero-order chi connectivity index (χ0) is 18.1. The summed E-state index contributed by atoms with van der Waals surface area (Å²) in [5.41, 5.74) is 22.3. The Bertz CT molecular complexity index is 583. The van der Waals surface area contributed by atoms with Crippen LogP contribution in [0.5, 0.6) is 5.75 Å². The number of nitrogens with two attached hydrogens (primary N) is 4. The Labute approximate surface area is 140 Å². The average Bonchev–Trinajstić information content (AvgIpc) is 2.52. The first kappa shape index (κ1) is 19.2. The van der Waals surface area contributed by atoms with Crippen LogP contribution in [0, 0.1) is 0 Å². The van der Waals surface area contributed by atoms with Gasteiger partial charge in [-0.2, -0.15) is 0 Å². The van der Waals surface area contributed by atoms with E-state index in [1.807, 2.05) is 0 Å². The van der Waals surface area contributed by atoms with Crippen molar-refractivity contribution in [3.63, 3.8) is 0 Å². The lowest BCUT2D eigenvalue weighted by Gasteiger charge is -2.18. The van der Waals surface area contributed by atoms with E-state index < -0.39 is 23.9 Å². The molecule has 1 rings (SSSR count). The second-order valence-corrected chi connectivity index (χ2v) is 5.39. The third-order valence-corrected chi connectivity index (χ3v) is 3.34. The van der Waals surface area contributed by atoms with Gasteiger partial charge in [0.1, 0.15) is 11.8 Å². The van der Waals surface area contributed by atoms with Crippen LogP contribution in [0.3, 0.4) is 0 Å². The Morgan fingerprint density at radius 3 is 2.33 bits per heavy atom. The van der Waals surface area contributed by atoms with Crippen LogP contribution in [0.1, 0.15) is 18.4 Å². The Kier molecular flexibility index (Phi) is 7.50. The summed E-state index contributed by atoms with van der Waals surface area (Å²) in [6, 6.07) is 4.60. The summed E-state index contributed by atoms with van der Waals surface area (Å²) >= 11 is 0. The highest BCUT2D eigenvalue weighted by atomic mass is 16.3. The van der Waals surface area contributed by atoms with Gasteiger partial charge in [-0.3, -0.25) is 14.6 Å². The molecule has 0 aromatic heterocycles. The first-order chi connectivity index (χ1) is 11.3. The van der Waals surface area contributed by atoms with E-state index in [2.05, 4.69) is 10.3 Å². The number of benzene rings is 1. The molecule has 9 nitrogen and oxygen atoms in total. The minimum Gasteiger partial charge on any atom is -0.508 e. The zero-order valence-corrected chi connectivity index (χ0v) is 13.3. The number of nitrogens with zero attached hydrogens (tertiary/aromatic N) is 1. The third-order valence-electron chi connectivity index (χ3n) is 3.34. The van der Waals surface area contributed by atoms with E-state index in [-0.39, 0.29) is 18.1 Å². The monoisotopic (exact) mass is 336 g/mol. The molecule has 2 atom stereocenters. The van der Waals surface area contributed by atoms with Gasteiger partial charge in [0.25, 0.3) is 0 Å². The van der Waals surface area contributed by atoms with E-state index >= 15 is 0 Å². The predicted molar refractivity (Wildman–Crippen MR) is 90.8 cm³/mol. The Morgan fingerprint density at radius 1 is 1.17 bits per heavy atom. The summed E-state index contributed by atoms with van der Waals surface area (Å²) in [4.78, 5) is 27.4. The molecular weight excluding hydrogens is 312 g/mol. The van der Waals surface area contributed by atoms with Crippen LogP contribution in [-0.2, 0) is 16.0 Å². The fourth-order valence-electron chi connectivity index (χ4n) is 2.02. The Hall–Kier alpha value is -2.81. The number of guanidine groups is 1. The number of primary amides is 1. The van der Waals surface area contributed by atoms with Crippen molar-refractivity contribution in [1.29, 1.82) is 0 Å². The lowest BCUT2D eigenvalue weighted by molar-refractivity contribution is -0.128.